The molecular formula is C12H15FO3. The molecule has 16 heavy (non-hydrogen) atoms. The molecule has 1 aliphatic rings. The fourth-order valence-electron chi connectivity index (χ4n) is 1.95. The van der Waals surface area contributed by atoms with Crippen LogP contribution in [0.4, 0.5) is 4.39 Å². The van der Waals surface area contributed by atoms with Crippen molar-refractivity contribution < 1.29 is 19.0 Å². The van der Waals surface area contributed by atoms with E-state index >= 15 is 0 Å². The topological polar surface area (TPSA) is 38.7 Å². The number of aliphatic hydroxyl groups excluding tert-OH is 1. The predicted molar refractivity (Wildman–Crippen MR) is 56.3 cm³/mol. The van der Waals surface area contributed by atoms with E-state index in [0.717, 1.165) is 0 Å². The van der Waals surface area contributed by atoms with Crippen molar-refractivity contribution in [2.24, 2.45) is 0 Å². The molecule has 0 radical (unpaired) electrons. The van der Waals surface area contributed by atoms with E-state index in [4.69, 9.17) is 14.6 Å². The van der Waals surface area contributed by atoms with Crippen molar-refractivity contribution in [3.05, 3.63) is 35.6 Å². The Balaban J connectivity index is 2.24. The molecule has 4 heteroatoms. The second kappa shape index (κ2) is 4.91. The maximum atomic E-state index is 13.2. The minimum atomic E-state index is -0.870. The van der Waals surface area contributed by atoms with Crippen molar-refractivity contribution in [1.29, 1.82) is 0 Å². The van der Waals surface area contributed by atoms with Gasteiger partial charge in [-0.25, -0.2) is 4.39 Å². The molecular weight excluding hydrogens is 211 g/mol. The summed E-state index contributed by atoms with van der Waals surface area (Å²) in [6.45, 7) is 1.08. The van der Waals surface area contributed by atoms with Gasteiger partial charge in [-0.2, -0.15) is 0 Å². The van der Waals surface area contributed by atoms with Gasteiger partial charge in [-0.1, -0.05) is 12.1 Å². The molecule has 1 aliphatic heterocycles. The van der Waals surface area contributed by atoms with Gasteiger partial charge in [-0.05, 0) is 18.6 Å². The summed E-state index contributed by atoms with van der Waals surface area (Å²) in [5, 5.41) is 8.86. The molecule has 0 amide bonds. The van der Waals surface area contributed by atoms with Crippen LogP contribution in [0.5, 0.6) is 0 Å². The normalized spacial score (nSPS) is 18.9. The van der Waals surface area contributed by atoms with Crippen LogP contribution < -0.4 is 0 Å². The highest BCUT2D eigenvalue weighted by Crippen LogP contribution is 2.35. The third-order valence-corrected chi connectivity index (χ3v) is 2.68. The van der Waals surface area contributed by atoms with Crippen LogP contribution in [-0.4, -0.2) is 24.9 Å². The molecule has 1 fully saturated rings. The van der Waals surface area contributed by atoms with Gasteiger partial charge in [-0.3, -0.25) is 0 Å². The SMILES string of the molecule is OCCCC1(c2cccc(F)c2)OCCO1. The molecule has 0 aromatic heterocycles. The van der Waals surface area contributed by atoms with Gasteiger partial charge in [0.25, 0.3) is 0 Å². The van der Waals surface area contributed by atoms with E-state index in [0.29, 0.717) is 31.6 Å². The highest BCUT2D eigenvalue weighted by atomic mass is 19.1. The van der Waals surface area contributed by atoms with Crippen molar-refractivity contribution in [3.63, 3.8) is 0 Å². The lowest BCUT2D eigenvalue weighted by Gasteiger charge is -2.27. The van der Waals surface area contributed by atoms with Crippen LogP contribution in [-0.2, 0) is 15.3 Å². The molecule has 3 nitrogen and oxygen atoms in total. The van der Waals surface area contributed by atoms with E-state index in [-0.39, 0.29) is 12.4 Å². The van der Waals surface area contributed by atoms with Crippen molar-refractivity contribution >= 4 is 0 Å². The summed E-state index contributed by atoms with van der Waals surface area (Å²) in [5.74, 6) is -1.18. The predicted octanol–water partition coefficient (Wildman–Crippen LogP) is 1.80. The molecule has 1 aromatic rings. The summed E-state index contributed by atoms with van der Waals surface area (Å²) in [7, 11) is 0. The van der Waals surface area contributed by atoms with Gasteiger partial charge in [0.2, 0.25) is 0 Å². The van der Waals surface area contributed by atoms with Crippen LogP contribution in [0.2, 0.25) is 0 Å². The van der Waals surface area contributed by atoms with E-state index in [1.54, 1.807) is 12.1 Å². The molecule has 0 unspecified atom stereocenters. The van der Waals surface area contributed by atoms with Gasteiger partial charge in [0.1, 0.15) is 5.82 Å². The highest BCUT2D eigenvalue weighted by Gasteiger charge is 2.38. The third-order valence-electron chi connectivity index (χ3n) is 2.68. The Labute approximate surface area is 93.8 Å². The molecule has 1 aromatic carbocycles. The number of ether oxygens (including phenoxy) is 2. The average molecular weight is 226 g/mol. The second-order valence-electron chi connectivity index (χ2n) is 3.79. The largest absolute Gasteiger partial charge is 0.396 e. The number of benzene rings is 1. The number of aliphatic hydroxyl groups is 1. The van der Waals surface area contributed by atoms with Crippen LogP contribution in [0.1, 0.15) is 18.4 Å². The molecule has 0 spiro atoms. The van der Waals surface area contributed by atoms with E-state index in [1.165, 1.54) is 12.1 Å². The first kappa shape index (κ1) is 11.5. The molecule has 0 aliphatic carbocycles. The summed E-state index contributed by atoms with van der Waals surface area (Å²) in [5.41, 5.74) is 0.679. The molecule has 0 atom stereocenters. The van der Waals surface area contributed by atoms with Crippen LogP contribution >= 0.6 is 0 Å². The Morgan fingerprint density at radius 3 is 2.69 bits per heavy atom. The van der Waals surface area contributed by atoms with Crippen molar-refractivity contribution in [3.8, 4) is 0 Å². The Morgan fingerprint density at radius 1 is 1.31 bits per heavy atom. The fraction of sp³-hybridized carbons (Fsp3) is 0.500. The summed E-state index contributed by atoms with van der Waals surface area (Å²) in [4.78, 5) is 0. The molecule has 1 heterocycles. The maximum Gasteiger partial charge on any atom is 0.195 e. The third kappa shape index (κ3) is 2.24. The molecule has 88 valence electrons. The number of hydrogen-bond donors (Lipinski definition) is 1. The van der Waals surface area contributed by atoms with Crippen LogP contribution in [0, 0.1) is 5.82 Å². The zero-order chi connectivity index (χ0) is 11.4. The van der Waals surface area contributed by atoms with Gasteiger partial charge in [0, 0.05) is 18.6 Å². The average Bonchev–Trinajstić information content (AvgIpc) is 2.76. The summed E-state index contributed by atoms with van der Waals surface area (Å²) >= 11 is 0. The Hall–Kier alpha value is -0.970. The van der Waals surface area contributed by atoms with Crippen molar-refractivity contribution in [2.75, 3.05) is 19.8 Å². The van der Waals surface area contributed by atoms with Gasteiger partial charge < -0.3 is 14.6 Å². The van der Waals surface area contributed by atoms with E-state index in [2.05, 4.69) is 0 Å². The monoisotopic (exact) mass is 226 g/mol. The van der Waals surface area contributed by atoms with Crippen LogP contribution in [0.3, 0.4) is 0 Å². The summed E-state index contributed by atoms with van der Waals surface area (Å²) in [6, 6.07) is 6.23. The van der Waals surface area contributed by atoms with Crippen molar-refractivity contribution in [1.82, 2.24) is 0 Å². The molecule has 1 saturated heterocycles. The lowest BCUT2D eigenvalue weighted by molar-refractivity contribution is -0.172. The smallest absolute Gasteiger partial charge is 0.195 e. The number of hydrogen-bond acceptors (Lipinski definition) is 3. The van der Waals surface area contributed by atoms with E-state index in [1.807, 2.05) is 0 Å². The van der Waals surface area contributed by atoms with E-state index < -0.39 is 5.79 Å². The first-order valence-electron chi connectivity index (χ1n) is 5.42. The number of halogens is 1. The Bertz CT molecular complexity index is 348. The summed E-state index contributed by atoms with van der Waals surface area (Å²) < 4.78 is 24.3. The van der Waals surface area contributed by atoms with Gasteiger partial charge >= 0.3 is 0 Å². The van der Waals surface area contributed by atoms with Gasteiger partial charge in [0.05, 0.1) is 13.2 Å². The molecule has 2 rings (SSSR count). The molecule has 0 saturated carbocycles. The molecule has 0 bridgehead atoms. The van der Waals surface area contributed by atoms with Crippen LogP contribution in [0.15, 0.2) is 24.3 Å². The maximum absolute atomic E-state index is 13.2. The standard InChI is InChI=1S/C12H15FO3/c13-11-4-1-3-10(9-11)12(5-2-6-14)15-7-8-16-12/h1,3-4,9,14H,2,5-8H2. The zero-order valence-electron chi connectivity index (χ0n) is 8.99. The van der Waals surface area contributed by atoms with Crippen molar-refractivity contribution in [2.45, 2.75) is 18.6 Å². The Morgan fingerprint density at radius 2 is 2.06 bits per heavy atom. The van der Waals surface area contributed by atoms with Crippen LogP contribution in [0.25, 0.3) is 0 Å². The number of rotatable bonds is 4. The minimum absolute atomic E-state index is 0.0732. The first-order valence-corrected chi connectivity index (χ1v) is 5.42. The zero-order valence-corrected chi connectivity index (χ0v) is 8.99. The summed E-state index contributed by atoms with van der Waals surface area (Å²) in [6.07, 6.45) is 1.10. The fourth-order valence-corrected chi connectivity index (χ4v) is 1.95. The molecule has 1 N–H and O–H groups in total. The second-order valence-corrected chi connectivity index (χ2v) is 3.79. The first-order chi connectivity index (χ1) is 7.77. The lowest BCUT2D eigenvalue weighted by atomic mass is 10.0. The van der Waals surface area contributed by atoms with Gasteiger partial charge in [-0.15, -0.1) is 0 Å². The lowest BCUT2D eigenvalue weighted by Crippen LogP contribution is -2.27. The van der Waals surface area contributed by atoms with E-state index in [9.17, 15) is 4.39 Å². The highest BCUT2D eigenvalue weighted by molar-refractivity contribution is 5.22. The quantitative estimate of drug-likeness (QED) is 0.850. The Kier molecular flexibility index (Phi) is 3.53. The van der Waals surface area contributed by atoms with Gasteiger partial charge in [0.15, 0.2) is 5.79 Å². The minimum Gasteiger partial charge on any atom is -0.396 e.